The summed E-state index contributed by atoms with van der Waals surface area (Å²) >= 11 is 1.66. The molecule has 0 spiro atoms. The van der Waals surface area contributed by atoms with E-state index in [0.717, 1.165) is 16.5 Å². The molecule has 0 unspecified atom stereocenters. The first-order chi connectivity index (χ1) is 9.90. The van der Waals surface area contributed by atoms with Crippen molar-refractivity contribution in [3.05, 3.63) is 45.9 Å². The molecule has 0 aliphatic heterocycles. The van der Waals surface area contributed by atoms with Crippen molar-refractivity contribution < 1.29 is 9.53 Å². The van der Waals surface area contributed by atoms with E-state index >= 15 is 0 Å². The van der Waals surface area contributed by atoms with Crippen LogP contribution in [0.2, 0.25) is 0 Å². The maximum absolute atomic E-state index is 11.4. The molecular formula is C16H20N2O2S. The first-order valence-corrected chi connectivity index (χ1v) is 7.68. The number of amides is 1. The summed E-state index contributed by atoms with van der Waals surface area (Å²) < 4.78 is 5.70. The molecule has 0 bridgehead atoms. The number of ether oxygens (including phenoxy) is 1. The summed E-state index contributed by atoms with van der Waals surface area (Å²) in [6.07, 6.45) is 0. The van der Waals surface area contributed by atoms with E-state index in [1.165, 1.54) is 0 Å². The number of nitrogens with one attached hydrogen (secondary N) is 1. The minimum Gasteiger partial charge on any atom is -0.487 e. The Balaban J connectivity index is 1.97. The standard InChI is InChI=1S/C16H20N2O2S/c1-16(2,3)15-18-12(10-21-15)9-20-13-7-5-11(6-8-13)14(19)17-4/h5-8,10H,9H2,1-4H3,(H,17,19). The summed E-state index contributed by atoms with van der Waals surface area (Å²) in [6.45, 7) is 6.88. The highest BCUT2D eigenvalue weighted by atomic mass is 32.1. The van der Waals surface area contributed by atoms with Gasteiger partial charge in [0.15, 0.2) is 0 Å². The van der Waals surface area contributed by atoms with Crippen LogP contribution in [0.1, 0.15) is 41.8 Å². The van der Waals surface area contributed by atoms with Crippen LogP contribution in [0.3, 0.4) is 0 Å². The Kier molecular flexibility index (Phi) is 4.63. The Labute approximate surface area is 129 Å². The van der Waals surface area contributed by atoms with Gasteiger partial charge in [-0.3, -0.25) is 4.79 Å². The normalized spacial score (nSPS) is 11.2. The lowest BCUT2D eigenvalue weighted by Gasteiger charge is -2.13. The molecule has 1 aromatic carbocycles. The lowest BCUT2D eigenvalue weighted by Crippen LogP contribution is -2.17. The number of carbonyl (C=O) groups is 1. The fourth-order valence-corrected chi connectivity index (χ4v) is 2.61. The third-order valence-electron chi connectivity index (χ3n) is 2.92. The van der Waals surface area contributed by atoms with Crippen LogP contribution < -0.4 is 10.1 Å². The molecule has 1 heterocycles. The van der Waals surface area contributed by atoms with Crippen molar-refractivity contribution in [3.8, 4) is 5.75 Å². The number of thiazole rings is 1. The average Bonchev–Trinajstić information content (AvgIpc) is 2.94. The zero-order valence-corrected chi connectivity index (χ0v) is 13.6. The lowest BCUT2D eigenvalue weighted by molar-refractivity contribution is 0.0963. The smallest absolute Gasteiger partial charge is 0.251 e. The molecule has 0 aliphatic carbocycles. The molecule has 0 aliphatic rings. The number of nitrogens with zero attached hydrogens (tertiary/aromatic N) is 1. The zero-order valence-electron chi connectivity index (χ0n) is 12.8. The average molecular weight is 304 g/mol. The highest BCUT2D eigenvalue weighted by Crippen LogP contribution is 2.26. The predicted molar refractivity (Wildman–Crippen MR) is 85.0 cm³/mol. The molecular weight excluding hydrogens is 284 g/mol. The second-order valence-corrected chi connectivity index (χ2v) is 6.64. The van der Waals surface area contributed by atoms with Gasteiger partial charge >= 0.3 is 0 Å². The van der Waals surface area contributed by atoms with Gasteiger partial charge in [0.25, 0.3) is 5.91 Å². The van der Waals surface area contributed by atoms with E-state index in [1.54, 1.807) is 42.6 Å². The van der Waals surface area contributed by atoms with Crippen LogP contribution in [0.15, 0.2) is 29.6 Å². The van der Waals surface area contributed by atoms with Gasteiger partial charge in [-0.2, -0.15) is 0 Å². The number of rotatable bonds is 4. The summed E-state index contributed by atoms with van der Waals surface area (Å²) in [6, 6.07) is 7.08. The van der Waals surface area contributed by atoms with Gasteiger partial charge in [0.1, 0.15) is 12.4 Å². The van der Waals surface area contributed by atoms with E-state index < -0.39 is 0 Å². The van der Waals surface area contributed by atoms with Crippen LogP contribution in [0, 0.1) is 0 Å². The maximum Gasteiger partial charge on any atom is 0.251 e. The fraction of sp³-hybridized carbons (Fsp3) is 0.375. The summed E-state index contributed by atoms with van der Waals surface area (Å²) in [4.78, 5) is 16.0. The molecule has 5 heteroatoms. The Morgan fingerprint density at radius 1 is 1.29 bits per heavy atom. The molecule has 1 N–H and O–H groups in total. The second kappa shape index (κ2) is 6.26. The Morgan fingerprint density at radius 2 is 1.95 bits per heavy atom. The van der Waals surface area contributed by atoms with Gasteiger partial charge < -0.3 is 10.1 Å². The zero-order chi connectivity index (χ0) is 15.5. The van der Waals surface area contributed by atoms with Gasteiger partial charge in [-0.1, -0.05) is 20.8 Å². The van der Waals surface area contributed by atoms with Gasteiger partial charge in [-0.25, -0.2) is 4.98 Å². The lowest BCUT2D eigenvalue weighted by atomic mass is 9.98. The van der Waals surface area contributed by atoms with Gasteiger partial charge in [0, 0.05) is 23.4 Å². The van der Waals surface area contributed by atoms with Crippen molar-refractivity contribution >= 4 is 17.2 Å². The summed E-state index contributed by atoms with van der Waals surface area (Å²) in [5.74, 6) is 0.629. The van der Waals surface area contributed by atoms with E-state index in [4.69, 9.17) is 4.74 Å². The summed E-state index contributed by atoms with van der Waals surface area (Å²) in [5.41, 5.74) is 1.62. The van der Waals surface area contributed by atoms with Crippen LogP contribution in [-0.2, 0) is 12.0 Å². The van der Waals surface area contributed by atoms with Crippen molar-refractivity contribution in [1.29, 1.82) is 0 Å². The molecule has 0 radical (unpaired) electrons. The first kappa shape index (κ1) is 15.5. The molecule has 0 atom stereocenters. The number of hydrogen-bond donors (Lipinski definition) is 1. The highest BCUT2D eigenvalue weighted by molar-refractivity contribution is 7.09. The predicted octanol–water partition coefficient (Wildman–Crippen LogP) is 3.38. The van der Waals surface area contributed by atoms with Crippen molar-refractivity contribution in [2.75, 3.05) is 7.05 Å². The second-order valence-electron chi connectivity index (χ2n) is 5.79. The maximum atomic E-state index is 11.4. The Hall–Kier alpha value is -1.88. The largest absolute Gasteiger partial charge is 0.487 e. The highest BCUT2D eigenvalue weighted by Gasteiger charge is 2.18. The third kappa shape index (κ3) is 4.04. The third-order valence-corrected chi connectivity index (χ3v) is 4.24. The van der Waals surface area contributed by atoms with E-state index in [-0.39, 0.29) is 11.3 Å². The molecule has 0 saturated heterocycles. The van der Waals surface area contributed by atoms with Crippen LogP contribution >= 0.6 is 11.3 Å². The Bertz CT molecular complexity index is 612. The van der Waals surface area contributed by atoms with Crippen molar-refractivity contribution in [1.82, 2.24) is 10.3 Å². The van der Waals surface area contributed by atoms with Gasteiger partial charge in [-0.05, 0) is 24.3 Å². The van der Waals surface area contributed by atoms with E-state index in [0.29, 0.717) is 12.2 Å². The number of benzene rings is 1. The quantitative estimate of drug-likeness (QED) is 0.942. The van der Waals surface area contributed by atoms with Crippen LogP contribution in [0.25, 0.3) is 0 Å². The summed E-state index contributed by atoms with van der Waals surface area (Å²) in [5, 5.41) is 5.72. The minimum absolute atomic E-state index is 0.0675. The summed E-state index contributed by atoms with van der Waals surface area (Å²) in [7, 11) is 1.61. The van der Waals surface area contributed by atoms with Crippen LogP contribution in [0.4, 0.5) is 0 Å². The topological polar surface area (TPSA) is 51.2 Å². The van der Waals surface area contributed by atoms with E-state index in [2.05, 4.69) is 31.1 Å². The van der Waals surface area contributed by atoms with Crippen LogP contribution in [-0.4, -0.2) is 17.9 Å². The number of aromatic nitrogens is 1. The van der Waals surface area contributed by atoms with Crippen molar-refractivity contribution in [3.63, 3.8) is 0 Å². The number of carbonyl (C=O) groups excluding carboxylic acids is 1. The Morgan fingerprint density at radius 3 is 2.48 bits per heavy atom. The molecule has 4 nitrogen and oxygen atoms in total. The first-order valence-electron chi connectivity index (χ1n) is 6.80. The molecule has 0 saturated carbocycles. The van der Waals surface area contributed by atoms with Gasteiger partial charge in [-0.15, -0.1) is 11.3 Å². The van der Waals surface area contributed by atoms with Crippen molar-refractivity contribution in [2.24, 2.45) is 0 Å². The van der Waals surface area contributed by atoms with E-state index in [1.807, 2.05) is 5.38 Å². The van der Waals surface area contributed by atoms with Crippen molar-refractivity contribution in [2.45, 2.75) is 32.8 Å². The van der Waals surface area contributed by atoms with Gasteiger partial charge in [0.2, 0.25) is 0 Å². The molecule has 2 aromatic rings. The van der Waals surface area contributed by atoms with E-state index in [9.17, 15) is 4.79 Å². The molecule has 1 amide bonds. The van der Waals surface area contributed by atoms with Gasteiger partial charge in [0.05, 0.1) is 10.7 Å². The minimum atomic E-state index is -0.101. The fourth-order valence-electron chi connectivity index (χ4n) is 1.72. The monoisotopic (exact) mass is 304 g/mol. The SMILES string of the molecule is CNC(=O)c1ccc(OCc2csc(C(C)(C)C)n2)cc1. The number of hydrogen-bond acceptors (Lipinski definition) is 4. The molecule has 112 valence electrons. The van der Waals surface area contributed by atoms with Crippen LogP contribution in [0.5, 0.6) is 5.75 Å². The molecule has 2 rings (SSSR count). The molecule has 21 heavy (non-hydrogen) atoms. The molecule has 0 fully saturated rings. The molecule has 1 aromatic heterocycles.